The molecule has 6 heteroatoms. The van der Waals surface area contributed by atoms with Crippen LogP contribution in [0.3, 0.4) is 0 Å². The van der Waals surface area contributed by atoms with E-state index in [-0.39, 0.29) is 17.9 Å². The first kappa shape index (κ1) is 17.0. The van der Waals surface area contributed by atoms with Crippen molar-refractivity contribution in [3.05, 3.63) is 52.8 Å². The number of pyridine rings is 1. The summed E-state index contributed by atoms with van der Waals surface area (Å²) < 4.78 is 5.20. The van der Waals surface area contributed by atoms with E-state index < -0.39 is 0 Å². The number of nitrogens with zero attached hydrogens (tertiary/aromatic N) is 1. The molecule has 6 nitrogen and oxygen atoms in total. The topological polar surface area (TPSA) is 80.3 Å². The van der Waals surface area contributed by atoms with Crippen molar-refractivity contribution in [2.45, 2.75) is 32.7 Å². The molecule has 130 valence electrons. The lowest BCUT2D eigenvalue weighted by Crippen LogP contribution is -2.27. The predicted molar refractivity (Wildman–Crippen MR) is 95.1 cm³/mol. The number of methoxy groups -OCH3 is 1. The molecule has 1 fully saturated rings. The smallest absolute Gasteiger partial charge is 0.257 e. The first-order chi connectivity index (χ1) is 12.0. The van der Waals surface area contributed by atoms with Crippen LogP contribution < -0.4 is 15.4 Å². The zero-order valence-electron chi connectivity index (χ0n) is 14.6. The van der Waals surface area contributed by atoms with Crippen LogP contribution in [0.15, 0.2) is 30.3 Å². The van der Waals surface area contributed by atoms with Gasteiger partial charge in [-0.2, -0.15) is 0 Å². The fourth-order valence-corrected chi connectivity index (χ4v) is 2.55. The molecule has 1 saturated carbocycles. The summed E-state index contributed by atoms with van der Waals surface area (Å²) in [5.74, 6) is 0.0539. The van der Waals surface area contributed by atoms with Gasteiger partial charge in [-0.05, 0) is 57.0 Å². The van der Waals surface area contributed by atoms with E-state index in [9.17, 15) is 9.59 Å². The van der Waals surface area contributed by atoms with E-state index in [0.29, 0.717) is 28.3 Å². The number of rotatable bonds is 5. The Morgan fingerprint density at radius 2 is 1.84 bits per heavy atom. The summed E-state index contributed by atoms with van der Waals surface area (Å²) in [7, 11) is 1.54. The normalized spacial score (nSPS) is 13.2. The third-order valence-electron chi connectivity index (χ3n) is 4.10. The number of ether oxygens (including phenoxy) is 1. The lowest BCUT2D eigenvalue weighted by Gasteiger charge is -2.13. The van der Waals surface area contributed by atoms with E-state index in [0.717, 1.165) is 18.5 Å². The Morgan fingerprint density at radius 3 is 2.48 bits per heavy atom. The summed E-state index contributed by atoms with van der Waals surface area (Å²) in [4.78, 5) is 29.4. The molecule has 0 radical (unpaired) electrons. The molecule has 0 saturated heterocycles. The zero-order chi connectivity index (χ0) is 18.0. The van der Waals surface area contributed by atoms with Gasteiger partial charge in [0.25, 0.3) is 11.8 Å². The third-order valence-corrected chi connectivity index (χ3v) is 4.10. The van der Waals surface area contributed by atoms with Crippen molar-refractivity contribution >= 4 is 17.5 Å². The van der Waals surface area contributed by atoms with Gasteiger partial charge in [0.2, 0.25) is 0 Å². The van der Waals surface area contributed by atoms with Gasteiger partial charge in [-0.25, -0.2) is 0 Å². The number of hydrogen-bond acceptors (Lipinski definition) is 4. The highest BCUT2D eigenvalue weighted by Gasteiger charge is 2.25. The van der Waals surface area contributed by atoms with Crippen molar-refractivity contribution < 1.29 is 14.3 Å². The Balaban J connectivity index is 1.87. The molecular formula is C19H21N3O3. The molecule has 0 bridgehead atoms. The number of hydrogen-bond donors (Lipinski definition) is 2. The number of carbonyl (C=O) groups excluding carboxylic acids is 2. The van der Waals surface area contributed by atoms with Gasteiger partial charge in [-0.1, -0.05) is 0 Å². The lowest BCUT2D eigenvalue weighted by atomic mass is 10.1. The number of nitrogens with one attached hydrogen (secondary N) is 2. The minimum Gasteiger partial charge on any atom is -0.497 e. The number of benzene rings is 1. The van der Waals surface area contributed by atoms with Gasteiger partial charge in [0.05, 0.1) is 29.6 Å². The van der Waals surface area contributed by atoms with Crippen LogP contribution >= 0.6 is 0 Å². The molecule has 1 aliphatic rings. The van der Waals surface area contributed by atoms with Crippen LogP contribution in [0.5, 0.6) is 5.75 Å². The predicted octanol–water partition coefficient (Wildman–Crippen LogP) is 2.85. The maximum atomic E-state index is 12.6. The molecule has 2 N–H and O–H groups in total. The van der Waals surface area contributed by atoms with E-state index in [2.05, 4.69) is 15.6 Å². The molecule has 25 heavy (non-hydrogen) atoms. The Hall–Kier alpha value is -2.89. The van der Waals surface area contributed by atoms with Crippen LogP contribution in [0.25, 0.3) is 0 Å². The standard InChI is InChI=1S/C19H21N3O3/c1-11-4-8-15(12(2)20-11)18(23)22-17-9-7-14(25-3)10-16(17)19(24)21-13-5-6-13/h4,7-10,13H,5-6H2,1-3H3,(H,21,24)(H,22,23). The van der Waals surface area contributed by atoms with Crippen LogP contribution in [-0.4, -0.2) is 29.9 Å². The molecule has 1 aliphatic carbocycles. The number of carbonyl (C=O) groups is 2. The minimum atomic E-state index is -0.296. The van der Waals surface area contributed by atoms with Crippen LogP contribution in [0.4, 0.5) is 5.69 Å². The van der Waals surface area contributed by atoms with Crippen molar-refractivity contribution in [2.75, 3.05) is 12.4 Å². The van der Waals surface area contributed by atoms with Gasteiger partial charge in [0, 0.05) is 11.7 Å². The third kappa shape index (κ3) is 3.96. The minimum absolute atomic E-state index is 0.213. The highest BCUT2D eigenvalue weighted by atomic mass is 16.5. The molecule has 0 atom stereocenters. The number of aryl methyl sites for hydroxylation is 2. The molecule has 1 aromatic carbocycles. The summed E-state index contributed by atoms with van der Waals surface area (Å²) in [6, 6.07) is 8.77. The van der Waals surface area contributed by atoms with Crippen molar-refractivity contribution in [1.82, 2.24) is 10.3 Å². The Morgan fingerprint density at radius 1 is 1.08 bits per heavy atom. The van der Waals surface area contributed by atoms with Gasteiger partial charge in [-0.3, -0.25) is 14.6 Å². The number of aromatic nitrogens is 1. The number of amides is 2. The highest BCUT2D eigenvalue weighted by Crippen LogP contribution is 2.25. The first-order valence-electron chi connectivity index (χ1n) is 8.22. The second kappa shape index (κ2) is 6.93. The van der Waals surface area contributed by atoms with Gasteiger partial charge < -0.3 is 15.4 Å². The molecule has 1 aromatic heterocycles. The average molecular weight is 339 g/mol. The van der Waals surface area contributed by atoms with Crippen molar-refractivity contribution in [3.8, 4) is 5.75 Å². The van der Waals surface area contributed by atoms with E-state index in [1.165, 1.54) is 7.11 Å². The fourth-order valence-electron chi connectivity index (χ4n) is 2.55. The molecule has 3 rings (SSSR count). The zero-order valence-corrected chi connectivity index (χ0v) is 14.6. The largest absolute Gasteiger partial charge is 0.497 e. The van der Waals surface area contributed by atoms with Gasteiger partial charge in [0.1, 0.15) is 5.75 Å². The molecular weight excluding hydrogens is 318 g/mol. The van der Waals surface area contributed by atoms with E-state index >= 15 is 0 Å². The van der Waals surface area contributed by atoms with Crippen molar-refractivity contribution in [1.29, 1.82) is 0 Å². The average Bonchev–Trinajstić information content (AvgIpc) is 3.38. The quantitative estimate of drug-likeness (QED) is 0.878. The Kier molecular flexibility index (Phi) is 4.70. The van der Waals surface area contributed by atoms with Crippen molar-refractivity contribution in [2.24, 2.45) is 0 Å². The van der Waals surface area contributed by atoms with E-state index in [1.807, 2.05) is 6.92 Å². The maximum absolute atomic E-state index is 12.6. The second-order valence-electron chi connectivity index (χ2n) is 6.20. The summed E-state index contributed by atoms with van der Waals surface area (Å²) in [5, 5.41) is 5.75. The van der Waals surface area contributed by atoms with Crippen LogP contribution in [0.1, 0.15) is 44.9 Å². The molecule has 0 spiro atoms. The summed E-state index contributed by atoms with van der Waals surface area (Å²) in [5.41, 5.74) is 2.81. The summed E-state index contributed by atoms with van der Waals surface area (Å²) in [6.45, 7) is 3.66. The summed E-state index contributed by atoms with van der Waals surface area (Å²) >= 11 is 0. The molecule has 2 amide bonds. The first-order valence-corrected chi connectivity index (χ1v) is 8.22. The van der Waals surface area contributed by atoms with E-state index in [4.69, 9.17) is 4.74 Å². The lowest BCUT2D eigenvalue weighted by molar-refractivity contribution is 0.0951. The highest BCUT2D eigenvalue weighted by molar-refractivity contribution is 6.09. The van der Waals surface area contributed by atoms with Gasteiger partial charge in [-0.15, -0.1) is 0 Å². The molecule has 2 aromatic rings. The van der Waals surface area contributed by atoms with Crippen molar-refractivity contribution in [3.63, 3.8) is 0 Å². The summed E-state index contributed by atoms with van der Waals surface area (Å²) in [6.07, 6.45) is 1.98. The maximum Gasteiger partial charge on any atom is 0.257 e. The molecule has 0 aliphatic heterocycles. The molecule has 1 heterocycles. The van der Waals surface area contributed by atoms with Crippen LogP contribution in [0, 0.1) is 13.8 Å². The van der Waals surface area contributed by atoms with Crippen LogP contribution in [0.2, 0.25) is 0 Å². The monoisotopic (exact) mass is 339 g/mol. The second-order valence-corrected chi connectivity index (χ2v) is 6.20. The van der Waals surface area contributed by atoms with Gasteiger partial charge >= 0.3 is 0 Å². The SMILES string of the molecule is COc1ccc(NC(=O)c2ccc(C)nc2C)c(C(=O)NC2CC2)c1. The Labute approximate surface area is 146 Å². The van der Waals surface area contributed by atoms with Crippen LogP contribution in [-0.2, 0) is 0 Å². The van der Waals surface area contributed by atoms with E-state index in [1.54, 1.807) is 37.3 Å². The fraction of sp³-hybridized carbons (Fsp3) is 0.316. The Bertz CT molecular complexity index is 829. The number of anilines is 1. The molecule has 0 unspecified atom stereocenters. The van der Waals surface area contributed by atoms with Gasteiger partial charge in [0.15, 0.2) is 0 Å².